The van der Waals surface area contributed by atoms with Gasteiger partial charge in [-0.05, 0) is 49.2 Å². The van der Waals surface area contributed by atoms with Crippen molar-refractivity contribution in [1.29, 1.82) is 0 Å². The van der Waals surface area contributed by atoms with Crippen LogP contribution in [0.4, 0.5) is 5.69 Å². The van der Waals surface area contributed by atoms with E-state index in [0.717, 1.165) is 24.9 Å². The quantitative estimate of drug-likeness (QED) is 0.790. The van der Waals surface area contributed by atoms with Crippen molar-refractivity contribution in [2.75, 3.05) is 18.4 Å². The number of carbonyl (C=O) groups excluding carboxylic acids is 2. The number of hydrogen-bond donors (Lipinski definition) is 2. The molecule has 0 spiro atoms. The first-order chi connectivity index (χ1) is 12.9. The van der Waals surface area contributed by atoms with Gasteiger partial charge in [0.1, 0.15) is 0 Å². The maximum Gasteiger partial charge on any atom is 0.250 e. The van der Waals surface area contributed by atoms with Gasteiger partial charge in [-0.15, -0.1) is 0 Å². The zero-order valence-corrected chi connectivity index (χ0v) is 16.3. The van der Waals surface area contributed by atoms with Gasteiger partial charge in [-0.2, -0.15) is 0 Å². The van der Waals surface area contributed by atoms with Crippen LogP contribution in [-0.4, -0.2) is 29.8 Å². The van der Waals surface area contributed by atoms with Crippen LogP contribution in [0.15, 0.2) is 42.5 Å². The summed E-state index contributed by atoms with van der Waals surface area (Å²) in [5.74, 6) is -0.824. The van der Waals surface area contributed by atoms with Crippen molar-refractivity contribution in [2.45, 2.75) is 19.4 Å². The Labute approximate surface area is 168 Å². The van der Waals surface area contributed by atoms with E-state index in [9.17, 15) is 9.59 Å². The van der Waals surface area contributed by atoms with E-state index in [2.05, 4.69) is 10.2 Å². The van der Waals surface area contributed by atoms with Gasteiger partial charge in [-0.3, -0.25) is 14.5 Å². The Morgan fingerprint density at radius 1 is 1.19 bits per heavy atom. The third kappa shape index (κ3) is 5.01. The van der Waals surface area contributed by atoms with E-state index in [-0.39, 0.29) is 11.8 Å². The highest BCUT2D eigenvalue weighted by molar-refractivity contribution is 6.35. The fraction of sp³-hybridized carbons (Fsp3) is 0.300. The van der Waals surface area contributed by atoms with Gasteiger partial charge in [0.2, 0.25) is 5.91 Å². The Kier molecular flexibility index (Phi) is 6.37. The fourth-order valence-electron chi connectivity index (χ4n) is 3.35. The molecule has 7 heteroatoms. The van der Waals surface area contributed by atoms with Gasteiger partial charge in [0, 0.05) is 23.1 Å². The molecular formula is C20H21Cl2N3O2. The second kappa shape index (κ2) is 8.74. The molecule has 1 heterocycles. The predicted octanol–water partition coefficient (Wildman–Crippen LogP) is 3.94. The molecule has 5 nitrogen and oxygen atoms in total. The molecule has 3 rings (SSSR count). The number of carbonyl (C=O) groups is 2. The molecule has 2 amide bonds. The minimum absolute atomic E-state index is 0.101. The van der Waals surface area contributed by atoms with Crippen molar-refractivity contribution in [3.63, 3.8) is 0 Å². The molecule has 142 valence electrons. The minimum atomic E-state index is -0.562. The molecule has 3 N–H and O–H groups in total. The van der Waals surface area contributed by atoms with Crippen LogP contribution >= 0.6 is 23.2 Å². The van der Waals surface area contributed by atoms with Crippen molar-refractivity contribution in [1.82, 2.24) is 4.90 Å². The van der Waals surface area contributed by atoms with Crippen LogP contribution in [0, 0.1) is 5.92 Å². The van der Waals surface area contributed by atoms with Gasteiger partial charge in [-0.25, -0.2) is 0 Å². The van der Waals surface area contributed by atoms with Crippen molar-refractivity contribution < 1.29 is 9.59 Å². The number of nitrogens with zero attached hydrogens (tertiary/aromatic N) is 1. The number of para-hydroxylation sites is 1. The monoisotopic (exact) mass is 405 g/mol. The maximum atomic E-state index is 12.7. The summed E-state index contributed by atoms with van der Waals surface area (Å²) in [5, 5.41) is 4.09. The summed E-state index contributed by atoms with van der Waals surface area (Å²) in [4.78, 5) is 26.5. The molecule has 27 heavy (non-hydrogen) atoms. The van der Waals surface area contributed by atoms with Crippen molar-refractivity contribution >= 4 is 40.7 Å². The molecule has 1 unspecified atom stereocenters. The van der Waals surface area contributed by atoms with E-state index in [4.69, 9.17) is 28.9 Å². The average molecular weight is 406 g/mol. The van der Waals surface area contributed by atoms with Crippen molar-refractivity contribution in [3.8, 4) is 0 Å². The highest BCUT2D eigenvalue weighted by Gasteiger charge is 2.27. The number of nitrogens with one attached hydrogen (secondary N) is 1. The Bertz CT molecular complexity index is 857. The summed E-state index contributed by atoms with van der Waals surface area (Å²) in [6, 6.07) is 12.2. The SMILES string of the molecule is NC(=O)c1ccccc1NC(=O)C1CCCN(Cc2ccc(Cl)cc2Cl)C1. The molecular weight excluding hydrogens is 385 g/mol. The molecule has 0 saturated carbocycles. The van der Waals surface area contributed by atoms with Crippen LogP contribution in [0.5, 0.6) is 0 Å². The molecule has 1 aliphatic rings. The first-order valence-electron chi connectivity index (χ1n) is 8.80. The molecule has 1 aliphatic heterocycles. The number of anilines is 1. The first-order valence-corrected chi connectivity index (χ1v) is 9.55. The molecule has 1 atom stereocenters. The molecule has 0 bridgehead atoms. The Balaban J connectivity index is 1.65. The van der Waals surface area contributed by atoms with Crippen LogP contribution in [0.3, 0.4) is 0 Å². The second-order valence-electron chi connectivity index (χ2n) is 6.71. The number of benzene rings is 2. The Hall–Kier alpha value is -2.08. The topological polar surface area (TPSA) is 75.4 Å². The summed E-state index contributed by atoms with van der Waals surface area (Å²) in [5.41, 5.74) is 7.13. The maximum absolute atomic E-state index is 12.7. The lowest BCUT2D eigenvalue weighted by Crippen LogP contribution is -2.40. The van der Waals surface area contributed by atoms with E-state index in [1.807, 2.05) is 12.1 Å². The van der Waals surface area contributed by atoms with Crippen LogP contribution in [-0.2, 0) is 11.3 Å². The van der Waals surface area contributed by atoms with Gasteiger partial charge >= 0.3 is 0 Å². The zero-order chi connectivity index (χ0) is 19.4. The van der Waals surface area contributed by atoms with E-state index in [1.165, 1.54) is 0 Å². The Morgan fingerprint density at radius 3 is 2.70 bits per heavy atom. The summed E-state index contributed by atoms with van der Waals surface area (Å²) in [6.07, 6.45) is 1.72. The van der Waals surface area contributed by atoms with Gasteiger partial charge in [0.15, 0.2) is 0 Å². The lowest BCUT2D eigenvalue weighted by molar-refractivity contribution is -0.121. The van der Waals surface area contributed by atoms with Crippen molar-refractivity contribution in [3.05, 3.63) is 63.6 Å². The second-order valence-corrected chi connectivity index (χ2v) is 7.55. The number of primary amides is 1. The first kappa shape index (κ1) is 19.7. The van der Waals surface area contributed by atoms with Gasteiger partial charge in [0.25, 0.3) is 5.91 Å². The van der Waals surface area contributed by atoms with Gasteiger partial charge < -0.3 is 11.1 Å². The number of halogens is 2. The standard InChI is InChI=1S/C20H21Cl2N3O2/c21-15-8-7-13(17(22)10-15)11-25-9-3-4-14(12-25)20(27)24-18-6-2-1-5-16(18)19(23)26/h1-2,5-8,10,14H,3-4,9,11-12H2,(H2,23,26)(H,24,27). The minimum Gasteiger partial charge on any atom is -0.366 e. The molecule has 2 aromatic carbocycles. The summed E-state index contributed by atoms with van der Waals surface area (Å²) in [6.45, 7) is 2.20. The zero-order valence-electron chi connectivity index (χ0n) is 14.8. The fourth-order valence-corrected chi connectivity index (χ4v) is 3.81. The number of nitrogens with two attached hydrogens (primary N) is 1. The molecule has 2 aromatic rings. The Morgan fingerprint density at radius 2 is 1.96 bits per heavy atom. The third-order valence-electron chi connectivity index (χ3n) is 4.74. The summed E-state index contributed by atoms with van der Waals surface area (Å²) < 4.78 is 0. The highest BCUT2D eigenvalue weighted by Crippen LogP contribution is 2.26. The molecule has 1 fully saturated rings. The normalized spacial score (nSPS) is 17.5. The number of hydrogen-bond acceptors (Lipinski definition) is 3. The number of amides is 2. The van der Waals surface area contributed by atoms with E-state index >= 15 is 0 Å². The van der Waals surface area contributed by atoms with Crippen LogP contribution in [0.1, 0.15) is 28.8 Å². The lowest BCUT2D eigenvalue weighted by atomic mass is 9.96. The van der Waals surface area contributed by atoms with Crippen LogP contribution < -0.4 is 11.1 Å². The molecule has 1 saturated heterocycles. The number of likely N-dealkylation sites (tertiary alicyclic amines) is 1. The lowest BCUT2D eigenvalue weighted by Gasteiger charge is -2.32. The van der Waals surface area contributed by atoms with Gasteiger partial charge in [0.05, 0.1) is 17.2 Å². The molecule has 0 aromatic heterocycles. The van der Waals surface area contributed by atoms with Gasteiger partial charge in [-0.1, -0.05) is 41.4 Å². The number of rotatable bonds is 5. The molecule has 0 aliphatic carbocycles. The van der Waals surface area contributed by atoms with E-state index < -0.39 is 5.91 Å². The average Bonchev–Trinajstić information content (AvgIpc) is 2.64. The van der Waals surface area contributed by atoms with Crippen LogP contribution in [0.25, 0.3) is 0 Å². The third-order valence-corrected chi connectivity index (χ3v) is 5.32. The highest BCUT2D eigenvalue weighted by atomic mass is 35.5. The number of piperidine rings is 1. The van der Waals surface area contributed by atoms with E-state index in [1.54, 1.807) is 30.3 Å². The van der Waals surface area contributed by atoms with E-state index in [0.29, 0.717) is 34.4 Å². The summed E-state index contributed by atoms with van der Waals surface area (Å²) >= 11 is 12.2. The largest absolute Gasteiger partial charge is 0.366 e. The smallest absolute Gasteiger partial charge is 0.250 e. The summed E-state index contributed by atoms with van der Waals surface area (Å²) in [7, 11) is 0. The predicted molar refractivity (Wildman–Crippen MR) is 108 cm³/mol. The molecule has 0 radical (unpaired) electrons. The van der Waals surface area contributed by atoms with Crippen molar-refractivity contribution in [2.24, 2.45) is 11.7 Å². The van der Waals surface area contributed by atoms with Crippen LogP contribution in [0.2, 0.25) is 10.0 Å².